The van der Waals surface area contributed by atoms with Gasteiger partial charge in [0.15, 0.2) is 0 Å². The number of likely N-dealkylation sites (tertiary alicyclic amines) is 1. The Morgan fingerprint density at radius 3 is 2.44 bits per heavy atom. The van der Waals surface area contributed by atoms with Crippen LogP contribution >= 0.6 is 0 Å². The van der Waals surface area contributed by atoms with Gasteiger partial charge in [-0.15, -0.1) is 0 Å². The van der Waals surface area contributed by atoms with Gasteiger partial charge in [0.1, 0.15) is 0 Å². The normalized spacial score (nSPS) is 15.2. The molecule has 0 bridgehead atoms. The van der Waals surface area contributed by atoms with Crippen molar-refractivity contribution in [2.24, 2.45) is 5.41 Å². The summed E-state index contributed by atoms with van der Waals surface area (Å²) in [5.74, 6) is 0.0464. The molecule has 1 N–H and O–H groups in total. The van der Waals surface area contributed by atoms with Gasteiger partial charge in [0.05, 0.1) is 11.0 Å². The molecule has 3 heterocycles. The summed E-state index contributed by atoms with van der Waals surface area (Å²) in [6.07, 6.45) is 8.73. The summed E-state index contributed by atoms with van der Waals surface area (Å²) in [5, 5.41) is 3.04. The number of piperidine rings is 1. The van der Waals surface area contributed by atoms with Crippen molar-refractivity contribution >= 4 is 11.8 Å². The van der Waals surface area contributed by atoms with Gasteiger partial charge in [0.25, 0.3) is 5.91 Å². The topological polar surface area (TPSA) is 75.2 Å². The van der Waals surface area contributed by atoms with Gasteiger partial charge in [-0.1, -0.05) is 24.3 Å². The molecule has 6 heteroatoms. The van der Waals surface area contributed by atoms with Crippen LogP contribution in [0, 0.1) is 5.41 Å². The summed E-state index contributed by atoms with van der Waals surface area (Å²) in [6.45, 7) is 3.64. The maximum Gasteiger partial charge on any atom is 0.255 e. The maximum atomic E-state index is 13.2. The van der Waals surface area contributed by atoms with Crippen LogP contribution in [0.5, 0.6) is 0 Å². The predicted molar refractivity (Wildman–Crippen MR) is 124 cm³/mol. The summed E-state index contributed by atoms with van der Waals surface area (Å²) < 4.78 is 0. The number of rotatable bonds is 6. The number of carbonyl (C=O) groups excluding carboxylic acids is 2. The number of hydrogen-bond acceptors (Lipinski definition) is 4. The molecule has 0 aliphatic carbocycles. The molecule has 1 aromatic carbocycles. The molecule has 0 saturated carbocycles. The highest BCUT2D eigenvalue weighted by Crippen LogP contribution is 2.37. The lowest BCUT2D eigenvalue weighted by Gasteiger charge is -2.41. The Morgan fingerprint density at radius 1 is 0.969 bits per heavy atom. The molecule has 0 unspecified atom stereocenters. The van der Waals surface area contributed by atoms with E-state index < -0.39 is 5.41 Å². The zero-order chi connectivity index (χ0) is 22.4. The molecule has 2 aromatic heterocycles. The molecule has 0 spiro atoms. The number of aromatic nitrogens is 2. The Bertz CT molecular complexity index is 1060. The third-order valence-corrected chi connectivity index (χ3v) is 6.22. The Hall–Kier alpha value is -3.54. The molecule has 32 heavy (non-hydrogen) atoms. The van der Waals surface area contributed by atoms with Crippen LogP contribution in [0.25, 0.3) is 11.1 Å². The molecule has 164 valence electrons. The third-order valence-electron chi connectivity index (χ3n) is 6.22. The highest BCUT2D eigenvalue weighted by Gasteiger charge is 2.42. The fraction of sp³-hybridized carbons (Fsp3) is 0.308. The Morgan fingerprint density at radius 2 is 1.75 bits per heavy atom. The van der Waals surface area contributed by atoms with Crippen molar-refractivity contribution in [2.45, 2.75) is 26.2 Å². The monoisotopic (exact) mass is 428 g/mol. The highest BCUT2D eigenvalue weighted by molar-refractivity contribution is 5.94. The molecule has 1 aliphatic heterocycles. The maximum absolute atomic E-state index is 13.2. The van der Waals surface area contributed by atoms with Crippen LogP contribution in [0.4, 0.5) is 0 Å². The molecule has 3 aromatic rings. The van der Waals surface area contributed by atoms with Gasteiger partial charge in [-0.25, -0.2) is 0 Å². The van der Waals surface area contributed by atoms with Gasteiger partial charge in [0, 0.05) is 44.4 Å². The molecular weight excluding hydrogens is 400 g/mol. The van der Waals surface area contributed by atoms with Crippen molar-refractivity contribution in [3.8, 4) is 11.1 Å². The number of benzene rings is 1. The lowest BCUT2D eigenvalue weighted by Crippen LogP contribution is -2.51. The minimum atomic E-state index is -0.529. The average molecular weight is 429 g/mol. The van der Waals surface area contributed by atoms with E-state index in [1.54, 1.807) is 36.9 Å². The first-order valence-electron chi connectivity index (χ1n) is 11.1. The molecule has 4 rings (SSSR count). The first-order valence-corrected chi connectivity index (χ1v) is 11.1. The smallest absolute Gasteiger partial charge is 0.255 e. The molecule has 1 aliphatic rings. The van der Waals surface area contributed by atoms with Crippen LogP contribution in [-0.4, -0.2) is 46.3 Å². The SMILES string of the molecule is CCNC(=O)C1(Cc2cccc(-c3ccncc3)c2)CCN(C(=O)c2cccnc2)CC1. The van der Waals surface area contributed by atoms with Gasteiger partial charge >= 0.3 is 0 Å². The molecule has 1 fully saturated rings. The van der Waals surface area contributed by atoms with Crippen LogP contribution in [0.2, 0.25) is 0 Å². The second-order valence-corrected chi connectivity index (χ2v) is 8.29. The fourth-order valence-electron chi connectivity index (χ4n) is 4.44. The largest absolute Gasteiger partial charge is 0.356 e. The van der Waals surface area contributed by atoms with Crippen molar-refractivity contribution in [1.82, 2.24) is 20.2 Å². The van der Waals surface area contributed by atoms with E-state index in [2.05, 4.69) is 33.5 Å². The van der Waals surface area contributed by atoms with E-state index in [1.807, 2.05) is 30.0 Å². The Labute approximate surface area is 188 Å². The first kappa shape index (κ1) is 21.7. The van der Waals surface area contributed by atoms with Crippen molar-refractivity contribution < 1.29 is 9.59 Å². The second-order valence-electron chi connectivity index (χ2n) is 8.29. The predicted octanol–water partition coefficient (Wildman–Crippen LogP) is 3.74. The van der Waals surface area contributed by atoms with E-state index in [1.165, 1.54) is 0 Å². The lowest BCUT2D eigenvalue weighted by atomic mass is 9.72. The number of nitrogens with zero attached hydrogens (tertiary/aromatic N) is 3. The Kier molecular flexibility index (Phi) is 6.59. The number of carbonyl (C=O) groups is 2. The molecule has 2 amide bonds. The third kappa shape index (κ3) is 4.69. The summed E-state index contributed by atoms with van der Waals surface area (Å²) in [5.41, 5.74) is 3.39. The Balaban J connectivity index is 1.54. The second kappa shape index (κ2) is 9.73. The number of pyridine rings is 2. The standard InChI is InChI=1S/C26H28N4O2/c1-2-29-25(32)26(10-15-30(16-11-26)24(31)23-7-4-12-28-19-23)18-20-5-3-6-22(17-20)21-8-13-27-14-9-21/h3-9,12-14,17,19H,2,10-11,15-16,18H2,1H3,(H,29,32). The number of nitrogens with one attached hydrogen (secondary N) is 1. The summed E-state index contributed by atoms with van der Waals surface area (Å²) >= 11 is 0. The van der Waals surface area contributed by atoms with E-state index in [0.29, 0.717) is 44.5 Å². The summed E-state index contributed by atoms with van der Waals surface area (Å²) in [6, 6.07) is 15.9. The molecule has 6 nitrogen and oxygen atoms in total. The highest BCUT2D eigenvalue weighted by atomic mass is 16.2. The minimum absolute atomic E-state index is 0.0257. The summed E-state index contributed by atoms with van der Waals surface area (Å²) in [7, 11) is 0. The zero-order valence-corrected chi connectivity index (χ0v) is 18.3. The van der Waals surface area contributed by atoms with Crippen molar-refractivity contribution in [1.29, 1.82) is 0 Å². The van der Waals surface area contributed by atoms with Gasteiger partial charge in [-0.3, -0.25) is 19.6 Å². The van der Waals surface area contributed by atoms with E-state index in [-0.39, 0.29) is 11.8 Å². The van der Waals surface area contributed by atoms with E-state index in [4.69, 9.17) is 0 Å². The minimum Gasteiger partial charge on any atom is -0.356 e. The number of hydrogen-bond donors (Lipinski definition) is 1. The molecular formula is C26H28N4O2. The van der Waals surface area contributed by atoms with E-state index >= 15 is 0 Å². The van der Waals surface area contributed by atoms with Crippen LogP contribution in [0.15, 0.2) is 73.3 Å². The van der Waals surface area contributed by atoms with Gasteiger partial charge in [-0.05, 0) is 67.1 Å². The van der Waals surface area contributed by atoms with Gasteiger partial charge in [0.2, 0.25) is 5.91 Å². The van der Waals surface area contributed by atoms with Crippen LogP contribution < -0.4 is 5.32 Å². The van der Waals surface area contributed by atoms with E-state index in [0.717, 1.165) is 16.7 Å². The van der Waals surface area contributed by atoms with E-state index in [9.17, 15) is 9.59 Å². The van der Waals surface area contributed by atoms with Crippen molar-refractivity contribution in [2.75, 3.05) is 19.6 Å². The first-order chi connectivity index (χ1) is 15.6. The van der Waals surface area contributed by atoms with Crippen LogP contribution in [0.3, 0.4) is 0 Å². The van der Waals surface area contributed by atoms with Crippen LogP contribution in [-0.2, 0) is 11.2 Å². The van der Waals surface area contributed by atoms with Gasteiger partial charge < -0.3 is 10.2 Å². The lowest BCUT2D eigenvalue weighted by molar-refractivity contribution is -0.133. The molecule has 0 atom stereocenters. The zero-order valence-electron chi connectivity index (χ0n) is 18.3. The van der Waals surface area contributed by atoms with Gasteiger partial charge in [-0.2, -0.15) is 0 Å². The summed E-state index contributed by atoms with van der Waals surface area (Å²) in [4.78, 5) is 36.0. The van der Waals surface area contributed by atoms with Crippen molar-refractivity contribution in [3.63, 3.8) is 0 Å². The number of amides is 2. The van der Waals surface area contributed by atoms with Crippen molar-refractivity contribution in [3.05, 3.63) is 84.4 Å². The average Bonchev–Trinajstić information content (AvgIpc) is 2.85. The fourth-order valence-corrected chi connectivity index (χ4v) is 4.44. The quantitative estimate of drug-likeness (QED) is 0.649. The molecule has 0 radical (unpaired) electrons. The van der Waals surface area contributed by atoms with Crippen LogP contribution in [0.1, 0.15) is 35.7 Å². The molecule has 1 saturated heterocycles.